The van der Waals surface area contributed by atoms with Crippen LogP contribution in [0.15, 0.2) is 0 Å². The minimum absolute atomic E-state index is 0.107. The molecule has 3 rings (SSSR count). The number of carbonyl (C=O) groups is 1. The average Bonchev–Trinajstić information content (AvgIpc) is 2.90. The smallest absolute Gasteiger partial charge is 0.308 e. The lowest BCUT2D eigenvalue weighted by Gasteiger charge is -2.31. The maximum Gasteiger partial charge on any atom is 0.308 e. The molecule has 2 N–H and O–H groups in total. The summed E-state index contributed by atoms with van der Waals surface area (Å²) in [5.74, 6) is 2.81. The molecule has 0 aromatic heterocycles. The van der Waals surface area contributed by atoms with E-state index in [1.165, 1.54) is 24.3 Å². The van der Waals surface area contributed by atoms with Crippen molar-refractivity contribution in [2.45, 2.75) is 37.8 Å². The monoisotopic (exact) mass is 241 g/mol. The minimum atomic E-state index is -0.574. The number of thioether (sulfide) groups is 1. The van der Waals surface area contributed by atoms with Crippen molar-refractivity contribution in [1.82, 2.24) is 5.32 Å². The van der Waals surface area contributed by atoms with Gasteiger partial charge in [-0.2, -0.15) is 11.8 Å². The predicted octanol–water partition coefficient (Wildman–Crippen LogP) is 1.58. The van der Waals surface area contributed by atoms with Gasteiger partial charge in [0.1, 0.15) is 0 Å². The van der Waals surface area contributed by atoms with Crippen molar-refractivity contribution in [3.05, 3.63) is 0 Å². The zero-order valence-corrected chi connectivity index (χ0v) is 10.2. The number of carboxylic acids is 1. The van der Waals surface area contributed by atoms with Gasteiger partial charge in [0.05, 0.1) is 5.92 Å². The molecule has 2 bridgehead atoms. The average molecular weight is 241 g/mol. The van der Waals surface area contributed by atoms with Crippen LogP contribution >= 0.6 is 11.8 Å². The first-order valence-corrected chi connectivity index (χ1v) is 7.48. The van der Waals surface area contributed by atoms with Crippen LogP contribution < -0.4 is 5.32 Å². The van der Waals surface area contributed by atoms with Gasteiger partial charge in [-0.15, -0.1) is 0 Å². The van der Waals surface area contributed by atoms with Gasteiger partial charge in [0.2, 0.25) is 0 Å². The van der Waals surface area contributed by atoms with Crippen molar-refractivity contribution in [1.29, 1.82) is 0 Å². The summed E-state index contributed by atoms with van der Waals surface area (Å²) in [5.41, 5.74) is 0. The van der Waals surface area contributed by atoms with Crippen LogP contribution in [0.2, 0.25) is 0 Å². The lowest BCUT2D eigenvalue weighted by Crippen LogP contribution is -2.48. The van der Waals surface area contributed by atoms with E-state index in [1.54, 1.807) is 0 Å². The van der Waals surface area contributed by atoms with Crippen molar-refractivity contribution in [3.8, 4) is 0 Å². The fraction of sp³-hybridized carbons (Fsp3) is 0.917. The Labute approximate surface area is 100 Å². The topological polar surface area (TPSA) is 49.3 Å². The fourth-order valence-corrected chi connectivity index (χ4v) is 4.99. The molecule has 5 unspecified atom stereocenters. The van der Waals surface area contributed by atoms with Crippen molar-refractivity contribution in [2.24, 2.45) is 17.8 Å². The van der Waals surface area contributed by atoms with Crippen LogP contribution in [-0.4, -0.2) is 34.7 Å². The lowest BCUT2D eigenvalue weighted by atomic mass is 9.84. The number of carboxylic acid groups (broad SMARTS) is 1. The van der Waals surface area contributed by atoms with Gasteiger partial charge in [-0.05, 0) is 43.3 Å². The Morgan fingerprint density at radius 2 is 2.06 bits per heavy atom. The largest absolute Gasteiger partial charge is 0.481 e. The number of rotatable bonds is 3. The Kier molecular flexibility index (Phi) is 2.88. The molecular weight excluding hydrogens is 222 g/mol. The van der Waals surface area contributed by atoms with E-state index in [9.17, 15) is 9.90 Å². The van der Waals surface area contributed by atoms with Crippen LogP contribution in [0.3, 0.4) is 0 Å². The predicted molar refractivity (Wildman–Crippen MR) is 64.6 cm³/mol. The van der Waals surface area contributed by atoms with Crippen molar-refractivity contribution in [3.63, 3.8) is 0 Å². The van der Waals surface area contributed by atoms with Crippen LogP contribution in [-0.2, 0) is 4.79 Å². The number of fused-ring (bicyclic) bond motifs is 2. The molecule has 3 fully saturated rings. The first-order chi connectivity index (χ1) is 7.75. The molecule has 3 nitrogen and oxygen atoms in total. The SMILES string of the molecule is O=C(O)C1C2CCC(C2)C1NC1CCSC1. The molecule has 0 aromatic carbocycles. The molecule has 5 atom stereocenters. The highest BCUT2D eigenvalue weighted by Gasteiger charge is 2.51. The first kappa shape index (κ1) is 10.9. The van der Waals surface area contributed by atoms with Crippen LogP contribution in [0.5, 0.6) is 0 Å². The van der Waals surface area contributed by atoms with E-state index >= 15 is 0 Å². The van der Waals surface area contributed by atoms with Gasteiger partial charge in [-0.1, -0.05) is 0 Å². The van der Waals surface area contributed by atoms with E-state index in [2.05, 4.69) is 5.32 Å². The van der Waals surface area contributed by atoms with Gasteiger partial charge < -0.3 is 10.4 Å². The van der Waals surface area contributed by atoms with Crippen LogP contribution in [0.4, 0.5) is 0 Å². The molecule has 1 aliphatic heterocycles. The zero-order chi connectivity index (χ0) is 11.1. The van der Waals surface area contributed by atoms with Gasteiger partial charge in [-0.3, -0.25) is 4.79 Å². The Morgan fingerprint density at radius 3 is 2.75 bits per heavy atom. The molecule has 0 amide bonds. The van der Waals surface area contributed by atoms with Gasteiger partial charge in [0, 0.05) is 17.8 Å². The highest BCUT2D eigenvalue weighted by molar-refractivity contribution is 7.99. The molecule has 3 aliphatic rings. The second-order valence-electron chi connectivity index (χ2n) is 5.45. The third-order valence-electron chi connectivity index (χ3n) is 4.56. The molecule has 90 valence electrons. The Balaban J connectivity index is 1.69. The van der Waals surface area contributed by atoms with E-state index < -0.39 is 5.97 Å². The van der Waals surface area contributed by atoms with E-state index in [0.717, 1.165) is 12.8 Å². The van der Waals surface area contributed by atoms with Crippen molar-refractivity contribution in [2.75, 3.05) is 11.5 Å². The second kappa shape index (κ2) is 4.22. The van der Waals surface area contributed by atoms with Crippen LogP contribution in [0.1, 0.15) is 25.7 Å². The standard InChI is InChI=1S/C12H19NO2S/c14-12(15)10-7-1-2-8(5-7)11(10)13-9-3-4-16-6-9/h7-11,13H,1-6H2,(H,14,15). The lowest BCUT2D eigenvalue weighted by molar-refractivity contribution is -0.144. The van der Waals surface area contributed by atoms with E-state index in [4.69, 9.17) is 0 Å². The first-order valence-electron chi connectivity index (χ1n) is 6.32. The highest BCUT2D eigenvalue weighted by atomic mass is 32.2. The maximum atomic E-state index is 11.3. The molecule has 0 spiro atoms. The van der Waals surface area contributed by atoms with Gasteiger partial charge in [0.25, 0.3) is 0 Å². The van der Waals surface area contributed by atoms with Gasteiger partial charge in [-0.25, -0.2) is 0 Å². The number of aliphatic carboxylic acids is 1. The summed E-state index contributed by atoms with van der Waals surface area (Å²) in [6.45, 7) is 0. The summed E-state index contributed by atoms with van der Waals surface area (Å²) in [5, 5.41) is 13.0. The highest BCUT2D eigenvalue weighted by Crippen LogP contribution is 2.48. The number of hydrogen-bond donors (Lipinski definition) is 2. The molecule has 0 aromatic rings. The molecule has 0 radical (unpaired) electrons. The van der Waals surface area contributed by atoms with Gasteiger partial charge >= 0.3 is 5.97 Å². The summed E-state index contributed by atoms with van der Waals surface area (Å²) in [6.07, 6.45) is 4.74. The normalized spacial score (nSPS) is 46.4. The van der Waals surface area contributed by atoms with Crippen LogP contribution in [0, 0.1) is 17.8 Å². The third-order valence-corrected chi connectivity index (χ3v) is 5.72. The maximum absolute atomic E-state index is 11.3. The molecule has 1 heterocycles. The molecule has 2 saturated carbocycles. The second-order valence-corrected chi connectivity index (χ2v) is 6.60. The summed E-state index contributed by atoms with van der Waals surface area (Å²) < 4.78 is 0. The Morgan fingerprint density at radius 1 is 1.25 bits per heavy atom. The summed E-state index contributed by atoms with van der Waals surface area (Å²) in [6, 6.07) is 0.830. The van der Waals surface area contributed by atoms with Crippen molar-refractivity contribution >= 4 is 17.7 Å². The summed E-state index contributed by atoms with van der Waals surface area (Å²) >= 11 is 1.99. The summed E-state index contributed by atoms with van der Waals surface area (Å²) in [7, 11) is 0. The van der Waals surface area contributed by atoms with E-state index in [0.29, 0.717) is 17.9 Å². The van der Waals surface area contributed by atoms with Crippen molar-refractivity contribution < 1.29 is 9.90 Å². The Bertz CT molecular complexity index is 291. The number of hydrogen-bond acceptors (Lipinski definition) is 3. The quantitative estimate of drug-likeness (QED) is 0.787. The molecular formula is C12H19NO2S. The van der Waals surface area contributed by atoms with E-state index in [1.807, 2.05) is 11.8 Å². The minimum Gasteiger partial charge on any atom is -0.481 e. The molecule has 1 saturated heterocycles. The number of nitrogens with one attached hydrogen (secondary N) is 1. The van der Waals surface area contributed by atoms with E-state index in [-0.39, 0.29) is 12.0 Å². The van der Waals surface area contributed by atoms with Crippen LogP contribution in [0.25, 0.3) is 0 Å². The van der Waals surface area contributed by atoms with Gasteiger partial charge in [0.15, 0.2) is 0 Å². The zero-order valence-electron chi connectivity index (χ0n) is 9.39. The third kappa shape index (κ3) is 1.76. The molecule has 4 heteroatoms. The Hall–Kier alpha value is -0.220. The fourth-order valence-electron chi connectivity index (χ4n) is 3.82. The summed E-state index contributed by atoms with van der Waals surface area (Å²) in [4.78, 5) is 11.3. The molecule has 16 heavy (non-hydrogen) atoms. The molecule has 2 aliphatic carbocycles.